The lowest BCUT2D eigenvalue weighted by Crippen LogP contribution is -2.36. The largest absolute Gasteiger partial charge is 0.393 e. The fourth-order valence-corrected chi connectivity index (χ4v) is 2.24. The van der Waals surface area contributed by atoms with E-state index >= 15 is 0 Å². The molecule has 0 spiro atoms. The van der Waals surface area contributed by atoms with Crippen LogP contribution in [0.25, 0.3) is 0 Å². The van der Waals surface area contributed by atoms with Crippen molar-refractivity contribution in [1.29, 1.82) is 0 Å². The van der Waals surface area contributed by atoms with Crippen LogP contribution in [-0.2, 0) is 6.61 Å². The molecule has 1 aromatic rings. The van der Waals surface area contributed by atoms with Crippen LogP contribution < -0.4 is 4.90 Å². The molecule has 100 valence electrons. The van der Waals surface area contributed by atoms with E-state index in [-0.39, 0.29) is 12.7 Å². The summed E-state index contributed by atoms with van der Waals surface area (Å²) < 4.78 is 0. The smallest absolute Gasteiger partial charge is 0.129 e. The van der Waals surface area contributed by atoms with Gasteiger partial charge < -0.3 is 15.1 Å². The molecule has 0 radical (unpaired) electrons. The second-order valence-electron chi connectivity index (χ2n) is 5.29. The molecule has 1 fully saturated rings. The molecule has 2 heterocycles. The molecule has 1 aromatic heterocycles. The van der Waals surface area contributed by atoms with Gasteiger partial charge in [-0.25, -0.2) is 4.98 Å². The monoisotopic (exact) mass is 250 g/mol. The molecule has 18 heavy (non-hydrogen) atoms. The second kappa shape index (κ2) is 5.67. The highest BCUT2D eigenvalue weighted by Gasteiger charge is 2.19. The molecule has 4 heteroatoms. The SMILES string of the molecule is CC(C)c1cc(CO)cc(N2CCC(O)CC2)n1. The van der Waals surface area contributed by atoms with Crippen LogP contribution in [0.2, 0.25) is 0 Å². The van der Waals surface area contributed by atoms with E-state index in [0.29, 0.717) is 5.92 Å². The Morgan fingerprint density at radius 3 is 2.56 bits per heavy atom. The zero-order valence-corrected chi connectivity index (χ0v) is 11.1. The molecule has 1 aliphatic heterocycles. The van der Waals surface area contributed by atoms with Gasteiger partial charge in [0.25, 0.3) is 0 Å². The highest BCUT2D eigenvalue weighted by atomic mass is 16.3. The van der Waals surface area contributed by atoms with Gasteiger partial charge in [-0.1, -0.05) is 13.8 Å². The first-order valence-electron chi connectivity index (χ1n) is 6.65. The molecule has 0 amide bonds. The van der Waals surface area contributed by atoms with Gasteiger partial charge in [-0.2, -0.15) is 0 Å². The summed E-state index contributed by atoms with van der Waals surface area (Å²) in [5, 5.41) is 18.9. The van der Waals surface area contributed by atoms with Gasteiger partial charge in [-0.15, -0.1) is 0 Å². The average molecular weight is 250 g/mol. The Kier molecular flexibility index (Phi) is 4.19. The number of piperidine rings is 1. The zero-order valence-electron chi connectivity index (χ0n) is 11.1. The summed E-state index contributed by atoms with van der Waals surface area (Å²) in [6.07, 6.45) is 1.41. The maximum atomic E-state index is 9.53. The van der Waals surface area contributed by atoms with Crippen molar-refractivity contribution in [2.75, 3.05) is 18.0 Å². The number of nitrogens with zero attached hydrogens (tertiary/aromatic N) is 2. The van der Waals surface area contributed by atoms with Gasteiger partial charge in [0.15, 0.2) is 0 Å². The molecule has 4 nitrogen and oxygen atoms in total. The molecular formula is C14H22N2O2. The molecule has 1 aliphatic rings. The number of anilines is 1. The third kappa shape index (κ3) is 3.00. The van der Waals surface area contributed by atoms with E-state index < -0.39 is 0 Å². The minimum atomic E-state index is -0.174. The first-order valence-corrected chi connectivity index (χ1v) is 6.65. The van der Waals surface area contributed by atoms with Crippen molar-refractivity contribution >= 4 is 5.82 Å². The molecule has 2 N–H and O–H groups in total. The summed E-state index contributed by atoms with van der Waals surface area (Å²) in [5.41, 5.74) is 1.93. The van der Waals surface area contributed by atoms with Crippen molar-refractivity contribution in [2.45, 2.75) is 45.3 Å². The summed E-state index contributed by atoms with van der Waals surface area (Å²) in [6, 6.07) is 3.91. The Bertz CT molecular complexity index is 399. The standard InChI is InChI=1S/C14H22N2O2/c1-10(2)13-7-11(9-17)8-14(15-13)16-5-3-12(18)4-6-16/h7-8,10,12,17-18H,3-6,9H2,1-2H3. The van der Waals surface area contributed by atoms with E-state index in [9.17, 15) is 10.2 Å². The van der Waals surface area contributed by atoms with E-state index in [1.165, 1.54) is 0 Å². The summed E-state index contributed by atoms with van der Waals surface area (Å²) >= 11 is 0. The van der Waals surface area contributed by atoms with Crippen LogP contribution in [0.1, 0.15) is 43.9 Å². The van der Waals surface area contributed by atoms with Crippen molar-refractivity contribution in [3.05, 3.63) is 23.4 Å². The van der Waals surface area contributed by atoms with Crippen LogP contribution in [0.5, 0.6) is 0 Å². The quantitative estimate of drug-likeness (QED) is 0.856. The van der Waals surface area contributed by atoms with Gasteiger partial charge in [0.1, 0.15) is 5.82 Å². The third-order valence-corrected chi connectivity index (χ3v) is 3.45. The number of aliphatic hydroxyl groups is 2. The normalized spacial score (nSPS) is 17.5. The third-order valence-electron chi connectivity index (χ3n) is 3.45. The molecule has 0 unspecified atom stereocenters. The van der Waals surface area contributed by atoms with Gasteiger partial charge in [0, 0.05) is 18.8 Å². The predicted molar refractivity (Wildman–Crippen MR) is 71.7 cm³/mol. The van der Waals surface area contributed by atoms with Gasteiger partial charge >= 0.3 is 0 Å². The van der Waals surface area contributed by atoms with E-state index in [1.807, 2.05) is 12.1 Å². The number of aromatic nitrogens is 1. The lowest BCUT2D eigenvalue weighted by atomic mass is 10.1. The Morgan fingerprint density at radius 2 is 2.00 bits per heavy atom. The minimum Gasteiger partial charge on any atom is -0.393 e. The first-order chi connectivity index (χ1) is 8.60. The lowest BCUT2D eigenvalue weighted by Gasteiger charge is -2.31. The first kappa shape index (κ1) is 13.3. The van der Waals surface area contributed by atoms with E-state index in [1.54, 1.807) is 0 Å². The van der Waals surface area contributed by atoms with Crippen LogP contribution in [0.3, 0.4) is 0 Å². The lowest BCUT2D eigenvalue weighted by molar-refractivity contribution is 0.145. The van der Waals surface area contributed by atoms with Gasteiger partial charge in [0.05, 0.1) is 12.7 Å². The van der Waals surface area contributed by atoms with E-state index in [2.05, 4.69) is 23.7 Å². The average Bonchev–Trinajstić information content (AvgIpc) is 2.39. The Morgan fingerprint density at radius 1 is 1.33 bits per heavy atom. The Balaban J connectivity index is 2.23. The van der Waals surface area contributed by atoms with Crippen LogP contribution in [-0.4, -0.2) is 34.4 Å². The fraction of sp³-hybridized carbons (Fsp3) is 0.643. The van der Waals surface area contributed by atoms with Crippen LogP contribution in [0, 0.1) is 0 Å². The van der Waals surface area contributed by atoms with Gasteiger partial charge in [0.2, 0.25) is 0 Å². The van der Waals surface area contributed by atoms with E-state index in [0.717, 1.165) is 43.0 Å². The Labute approximate surface area is 108 Å². The molecule has 0 aliphatic carbocycles. The summed E-state index contributed by atoms with van der Waals surface area (Å²) in [4.78, 5) is 6.85. The molecule has 0 aromatic carbocycles. The maximum Gasteiger partial charge on any atom is 0.129 e. The highest BCUT2D eigenvalue weighted by molar-refractivity contribution is 5.43. The number of aliphatic hydroxyl groups excluding tert-OH is 2. The van der Waals surface area contributed by atoms with E-state index in [4.69, 9.17) is 0 Å². The Hall–Kier alpha value is -1.13. The number of pyridine rings is 1. The highest BCUT2D eigenvalue weighted by Crippen LogP contribution is 2.23. The number of hydrogen-bond donors (Lipinski definition) is 2. The summed E-state index contributed by atoms with van der Waals surface area (Å²) in [6.45, 7) is 5.92. The summed E-state index contributed by atoms with van der Waals surface area (Å²) in [5.74, 6) is 1.28. The van der Waals surface area contributed by atoms with Crippen LogP contribution >= 0.6 is 0 Å². The van der Waals surface area contributed by atoms with Crippen molar-refractivity contribution in [3.8, 4) is 0 Å². The molecule has 1 saturated heterocycles. The minimum absolute atomic E-state index is 0.0473. The molecular weight excluding hydrogens is 228 g/mol. The molecule has 2 rings (SSSR count). The zero-order chi connectivity index (χ0) is 13.1. The van der Waals surface area contributed by atoms with Crippen molar-refractivity contribution < 1.29 is 10.2 Å². The topological polar surface area (TPSA) is 56.6 Å². The summed E-state index contributed by atoms with van der Waals surface area (Å²) in [7, 11) is 0. The number of rotatable bonds is 3. The maximum absolute atomic E-state index is 9.53. The van der Waals surface area contributed by atoms with Crippen LogP contribution in [0.4, 0.5) is 5.82 Å². The fourth-order valence-electron chi connectivity index (χ4n) is 2.24. The predicted octanol–water partition coefficient (Wildman–Crippen LogP) is 1.66. The molecule has 0 atom stereocenters. The van der Waals surface area contributed by atoms with Crippen LogP contribution in [0.15, 0.2) is 12.1 Å². The molecule has 0 bridgehead atoms. The van der Waals surface area contributed by atoms with Gasteiger partial charge in [-0.05, 0) is 36.5 Å². The number of hydrogen-bond acceptors (Lipinski definition) is 4. The van der Waals surface area contributed by atoms with Gasteiger partial charge in [-0.3, -0.25) is 0 Å². The van der Waals surface area contributed by atoms with Crippen molar-refractivity contribution in [2.24, 2.45) is 0 Å². The van der Waals surface area contributed by atoms with Crippen molar-refractivity contribution in [1.82, 2.24) is 4.98 Å². The van der Waals surface area contributed by atoms with Crippen molar-refractivity contribution in [3.63, 3.8) is 0 Å². The second-order valence-corrected chi connectivity index (χ2v) is 5.29. The molecule has 0 saturated carbocycles.